The van der Waals surface area contributed by atoms with Crippen molar-refractivity contribution in [1.82, 2.24) is 0 Å². The predicted octanol–water partition coefficient (Wildman–Crippen LogP) is 1.02. The van der Waals surface area contributed by atoms with Crippen molar-refractivity contribution in [1.29, 1.82) is 0 Å². The van der Waals surface area contributed by atoms with Gasteiger partial charge in [-0.05, 0) is 5.54 Å². The average molecular weight is 127 g/mol. The summed E-state index contributed by atoms with van der Waals surface area (Å²) in [7, 11) is -0.426. The lowest BCUT2D eigenvalue weighted by atomic mass is 11.3. The molecule has 0 aliphatic carbocycles. The molecule has 0 fully saturated rings. The van der Waals surface area contributed by atoms with Gasteiger partial charge in [0.2, 0.25) is 0 Å². The van der Waals surface area contributed by atoms with Crippen LogP contribution in [0.2, 0.25) is 0 Å². The highest BCUT2D eigenvalue weighted by atomic mass is 35.6. The van der Waals surface area contributed by atoms with Crippen LogP contribution in [-0.2, 0) is 0 Å². The van der Waals surface area contributed by atoms with Crippen molar-refractivity contribution >= 4 is 31.5 Å². The Balaban J connectivity index is 2.62. The smallest absolute Gasteiger partial charge is 0.149 e. The first-order valence-electron chi connectivity index (χ1n) is 1.23. The SMILES string of the molecule is ClC=C[SiH2]Cl. The van der Waals surface area contributed by atoms with Crippen molar-refractivity contribution in [3.05, 3.63) is 11.2 Å². The zero-order valence-electron chi connectivity index (χ0n) is 2.62. The molecule has 0 spiro atoms. The molecule has 0 radical (unpaired) electrons. The predicted molar refractivity (Wildman–Crippen MR) is 29.4 cm³/mol. The fraction of sp³-hybridized carbons (Fsp3) is 0. The summed E-state index contributed by atoms with van der Waals surface area (Å²) in [5, 5.41) is 0. The molecule has 3 heteroatoms. The molecule has 0 aromatic heterocycles. The number of hydrogen-bond acceptors (Lipinski definition) is 0. The van der Waals surface area contributed by atoms with Gasteiger partial charge in [-0.25, -0.2) is 0 Å². The van der Waals surface area contributed by atoms with Crippen molar-refractivity contribution < 1.29 is 0 Å². The maximum atomic E-state index is 5.27. The first-order valence-corrected chi connectivity index (χ1v) is 4.62. The van der Waals surface area contributed by atoms with Crippen LogP contribution in [0.3, 0.4) is 0 Å². The molecule has 30 valence electrons. The van der Waals surface area contributed by atoms with Crippen molar-refractivity contribution in [2.24, 2.45) is 0 Å². The van der Waals surface area contributed by atoms with Gasteiger partial charge in [0.1, 0.15) is 8.83 Å². The summed E-state index contributed by atoms with van der Waals surface area (Å²) in [6.07, 6.45) is 0. The third-order valence-corrected chi connectivity index (χ3v) is 1.60. The van der Waals surface area contributed by atoms with Crippen LogP contribution in [0.25, 0.3) is 0 Å². The molecule has 0 atom stereocenters. The molecule has 0 aromatic rings. The topological polar surface area (TPSA) is 0 Å². The van der Waals surface area contributed by atoms with Crippen LogP contribution in [0, 0.1) is 0 Å². The molecular weight excluding hydrogens is 123 g/mol. The first-order chi connectivity index (χ1) is 2.41. The lowest BCUT2D eigenvalue weighted by Crippen LogP contribution is -1.57. The zero-order chi connectivity index (χ0) is 4.12. The summed E-state index contributed by atoms with van der Waals surface area (Å²) in [6.45, 7) is 0. The fourth-order valence-electron chi connectivity index (χ4n) is 0.0337. The van der Waals surface area contributed by atoms with Gasteiger partial charge in [0.25, 0.3) is 0 Å². The van der Waals surface area contributed by atoms with Crippen molar-refractivity contribution in [3.63, 3.8) is 0 Å². The molecular formula is C2H4Cl2Si. The lowest BCUT2D eigenvalue weighted by Gasteiger charge is -1.59. The second-order valence-electron chi connectivity index (χ2n) is 0.516. The van der Waals surface area contributed by atoms with Gasteiger partial charge < -0.3 is 0 Å². The summed E-state index contributed by atoms with van der Waals surface area (Å²) in [5.41, 5.74) is 3.25. The highest BCUT2D eigenvalue weighted by molar-refractivity contribution is 6.96. The van der Waals surface area contributed by atoms with E-state index in [4.69, 9.17) is 22.7 Å². The Morgan fingerprint density at radius 2 is 2.20 bits per heavy atom. The summed E-state index contributed by atoms with van der Waals surface area (Å²) in [5.74, 6) is 0. The van der Waals surface area contributed by atoms with Gasteiger partial charge in [-0.3, -0.25) is 0 Å². The third-order valence-electron chi connectivity index (χ3n) is 0.178. The second kappa shape index (κ2) is 4.54. The normalized spacial score (nSPS) is 12.4. The second-order valence-corrected chi connectivity index (χ2v) is 2.47. The molecule has 0 unspecified atom stereocenters. The van der Waals surface area contributed by atoms with Crippen LogP contribution in [-0.4, -0.2) is 8.83 Å². The molecule has 0 N–H and O–H groups in total. The molecule has 0 amide bonds. The Morgan fingerprint density at radius 3 is 2.20 bits per heavy atom. The maximum absolute atomic E-state index is 5.27. The summed E-state index contributed by atoms with van der Waals surface area (Å²) >= 11 is 10.3. The van der Waals surface area contributed by atoms with Gasteiger partial charge in [-0.15, -0.1) is 0 Å². The highest BCUT2D eigenvalue weighted by Crippen LogP contribution is 1.76. The third kappa shape index (κ3) is 4.54. The first kappa shape index (κ1) is 5.54. The molecule has 0 aliphatic heterocycles. The number of halogens is 2. The van der Waals surface area contributed by atoms with Gasteiger partial charge in [0, 0.05) is 0 Å². The molecule has 0 aliphatic rings. The minimum Gasteiger partial charge on any atom is -0.171 e. The Kier molecular flexibility index (Phi) is 5.02. The van der Waals surface area contributed by atoms with Crippen LogP contribution in [0.5, 0.6) is 0 Å². The molecule has 0 aromatic carbocycles. The Labute approximate surface area is 43.3 Å². The van der Waals surface area contributed by atoms with E-state index in [9.17, 15) is 0 Å². The minimum atomic E-state index is -0.426. The summed E-state index contributed by atoms with van der Waals surface area (Å²) in [6, 6.07) is 0. The molecule has 0 saturated carbocycles. The molecule has 0 rings (SSSR count). The highest BCUT2D eigenvalue weighted by Gasteiger charge is 1.59. The van der Waals surface area contributed by atoms with Gasteiger partial charge in [0.05, 0.1) is 0 Å². The fourth-order valence-corrected chi connectivity index (χ4v) is 0.909. The van der Waals surface area contributed by atoms with E-state index in [0.717, 1.165) is 0 Å². The zero-order valence-corrected chi connectivity index (χ0v) is 5.54. The molecule has 0 saturated heterocycles. The Hall–Kier alpha value is 0.537. The van der Waals surface area contributed by atoms with E-state index in [2.05, 4.69) is 0 Å². The molecule has 5 heavy (non-hydrogen) atoms. The van der Waals surface area contributed by atoms with E-state index in [1.807, 2.05) is 0 Å². The maximum Gasteiger partial charge on any atom is 0.149 e. The van der Waals surface area contributed by atoms with Gasteiger partial charge >= 0.3 is 0 Å². The Morgan fingerprint density at radius 1 is 1.60 bits per heavy atom. The molecule has 0 heterocycles. The monoisotopic (exact) mass is 126 g/mol. The van der Waals surface area contributed by atoms with Crippen molar-refractivity contribution in [3.8, 4) is 0 Å². The van der Waals surface area contributed by atoms with Crippen molar-refractivity contribution in [2.45, 2.75) is 0 Å². The standard InChI is InChI=1S/C2H4Cl2Si/c3-1-2-5-4/h1-2H,5H2. The van der Waals surface area contributed by atoms with Crippen LogP contribution >= 0.6 is 22.7 Å². The molecule has 0 bridgehead atoms. The minimum absolute atomic E-state index is 0.426. The Bertz CT molecular complexity index is 34.6. The van der Waals surface area contributed by atoms with Crippen molar-refractivity contribution in [2.75, 3.05) is 0 Å². The van der Waals surface area contributed by atoms with E-state index in [1.54, 1.807) is 5.70 Å². The van der Waals surface area contributed by atoms with Gasteiger partial charge in [-0.1, -0.05) is 17.3 Å². The van der Waals surface area contributed by atoms with E-state index in [0.29, 0.717) is 0 Å². The lowest BCUT2D eigenvalue weighted by molar-refractivity contribution is 2.49. The van der Waals surface area contributed by atoms with Gasteiger partial charge in [-0.2, -0.15) is 11.1 Å². The quantitative estimate of drug-likeness (QED) is 0.364. The average Bonchev–Trinajstić information content (AvgIpc) is 1.41. The van der Waals surface area contributed by atoms with Crippen LogP contribution < -0.4 is 0 Å². The van der Waals surface area contributed by atoms with E-state index >= 15 is 0 Å². The van der Waals surface area contributed by atoms with Crippen LogP contribution in [0.15, 0.2) is 11.2 Å². The van der Waals surface area contributed by atoms with E-state index in [-0.39, 0.29) is 0 Å². The largest absolute Gasteiger partial charge is 0.171 e. The van der Waals surface area contributed by atoms with E-state index < -0.39 is 8.83 Å². The summed E-state index contributed by atoms with van der Waals surface area (Å²) < 4.78 is 0. The van der Waals surface area contributed by atoms with Crippen LogP contribution in [0.4, 0.5) is 0 Å². The molecule has 0 nitrogen and oxygen atoms in total. The number of hydrogen-bond donors (Lipinski definition) is 0. The van der Waals surface area contributed by atoms with Gasteiger partial charge in [0.15, 0.2) is 0 Å². The van der Waals surface area contributed by atoms with E-state index in [1.165, 1.54) is 5.54 Å². The summed E-state index contributed by atoms with van der Waals surface area (Å²) in [4.78, 5) is 0. The van der Waals surface area contributed by atoms with Crippen LogP contribution in [0.1, 0.15) is 0 Å². The number of rotatable bonds is 1.